The van der Waals surface area contributed by atoms with Gasteiger partial charge in [0, 0.05) is 36.0 Å². The predicted octanol–water partition coefficient (Wildman–Crippen LogP) is 2.50. The number of carbonyl (C=O) groups excluding carboxylic acids is 1. The number of nitrogens with one attached hydrogen (secondary N) is 1. The molecular formula is C16H21N3O2S2. The number of carbonyl (C=O) groups is 1. The zero-order valence-electron chi connectivity index (χ0n) is 13.2. The zero-order chi connectivity index (χ0) is 16.2. The van der Waals surface area contributed by atoms with Crippen LogP contribution < -0.4 is 15.1 Å². The minimum absolute atomic E-state index is 0.167. The Morgan fingerprint density at radius 2 is 1.96 bits per heavy atom. The van der Waals surface area contributed by atoms with Crippen molar-refractivity contribution in [3.8, 4) is 0 Å². The maximum atomic E-state index is 12.0. The van der Waals surface area contributed by atoms with Crippen molar-refractivity contribution in [3.05, 3.63) is 24.3 Å². The second-order valence-electron chi connectivity index (χ2n) is 5.67. The van der Waals surface area contributed by atoms with Crippen molar-refractivity contribution >= 4 is 46.4 Å². The highest BCUT2D eigenvalue weighted by molar-refractivity contribution is 7.99. The molecule has 0 bridgehead atoms. The van der Waals surface area contributed by atoms with E-state index in [1.165, 1.54) is 17.2 Å². The maximum absolute atomic E-state index is 12.0. The SMILES string of the molecule is CC(=S)NCC1CN(c2ccc(N3CCSCC3)cc2)C(=O)O1. The molecule has 2 aliphatic rings. The number of benzene rings is 1. The number of thioether (sulfide) groups is 1. The molecule has 1 amide bonds. The van der Waals surface area contributed by atoms with Crippen molar-refractivity contribution in [2.75, 3.05) is 47.5 Å². The van der Waals surface area contributed by atoms with Crippen molar-refractivity contribution in [2.24, 2.45) is 0 Å². The van der Waals surface area contributed by atoms with Crippen molar-refractivity contribution in [1.82, 2.24) is 5.32 Å². The lowest BCUT2D eigenvalue weighted by molar-refractivity contribution is 0.143. The summed E-state index contributed by atoms with van der Waals surface area (Å²) < 4.78 is 5.38. The molecule has 1 unspecified atom stereocenters. The standard InChI is InChI=1S/C16H21N3O2S2/c1-12(22)17-10-15-11-19(16(20)21-15)14-4-2-13(3-5-14)18-6-8-23-9-7-18/h2-5,15H,6-11H2,1H3,(H,17,22). The molecule has 5 nitrogen and oxygen atoms in total. The van der Waals surface area contributed by atoms with E-state index < -0.39 is 0 Å². The number of hydrogen-bond donors (Lipinski definition) is 1. The summed E-state index contributed by atoms with van der Waals surface area (Å²) in [5.41, 5.74) is 2.10. The second-order valence-corrected chi connectivity index (χ2v) is 7.51. The molecule has 0 aromatic heterocycles. The van der Waals surface area contributed by atoms with Crippen LogP contribution in [0.4, 0.5) is 16.2 Å². The molecule has 2 heterocycles. The Balaban J connectivity index is 1.62. The Kier molecular flexibility index (Phi) is 5.27. The normalized spacial score (nSPS) is 21.3. The number of cyclic esters (lactones) is 1. The van der Waals surface area contributed by atoms with Crippen LogP contribution in [-0.2, 0) is 4.74 Å². The molecule has 2 aliphatic heterocycles. The van der Waals surface area contributed by atoms with E-state index in [9.17, 15) is 4.79 Å². The number of hydrogen-bond acceptors (Lipinski definition) is 5. The van der Waals surface area contributed by atoms with E-state index in [-0.39, 0.29) is 12.2 Å². The van der Waals surface area contributed by atoms with E-state index in [4.69, 9.17) is 17.0 Å². The van der Waals surface area contributed by atoms with E-state index in [2.05, 4.69) is 22.3 Å². The highest BCUT2D eigenvalue weighted by Crippen LogP contribution is 2.26. The number of thiocarbonyl (C=S) groups is 1. The molecule has 7 heteroatoms. The van der Waals surface area contributed by atoms with Gasteiger partial charge in [-0.25, -0.2) is 4.79 Å². The maximum Gasteiger partial charge on any atom is 0.414 e. The van der Waals surface area contributed by atoms with Gasteiger partial charge in [0.1, 0.15) is 6.10 Å². The fraction of sp³-hybridized carbons (Fsp3) is 0.500. The van der Waals surface area contributed by atoms with Gasteiger partial charge in [-0.3, -0.25) is 4.90 Å². The van der Waals surface area contributed by atoms with Crippen molar-refractivity contribution in [1.29, 1.82) is 0 Å². The molecule has 1 N–H and O–H groups in total. The fourth-order valence-corrected chi connectivity index (χ4v) is 3.75. The second kappa shape index (κ2) is 7.40. The molecule has 23 heavy (non-hydrogen) atoms. The van der Waals surface area contributed by atoms with E-state index in [0.29, 0.717) is 18.1 Å². The average molecular weight is 351 g/mol. The third-order valence-corrected chi connectivity index (χ3v) is 5.08. The minimum Gasteiger partial charge on any atom is -0.442 e. The van der Waals surface area contributed by atoms with Gasteiger partial charge in [-0.05, 0) is 31.2 Å². The van der Waals surface area contributed by atoms with Crippen molar-refractivity contribution in [2.45, 2.75) is 13.0 Å². The first-order valence-electron chi connectivity index (χ1n) is 7.79. The van der Waals surface area contributed by atoms with Crippen LogP contribution in [0.15, 0.2) is 24.3 Å². The highest BCUT2D eigenvalue weighted by Gasteiger charge is 2.32. The van der Waals surface area contributed by atoms with Gasteiger partial charge in [0.2, 0.25) is 0 Å². The summed E-state index contributed by atoms with van der Waals surface area (Å²) in [5, 5.41) is 3.05. The molecule has 1 aromatic rings. The quantitative estimate of drug-likeness (QED) is 0.841. The first-order valence-corrected chi connectivity index (χ1v) is 9.35. The molecule has 3 rings (SSSR count). The molecule has 0 spiro atoms. The summed E-state index contributed by atoms with van der Waals surface area (Å²) in [6.07, 6.45) is -0.458. The number of rotatable bonds is 4. The lowest BCUT2D eigenvalue weighted by Crippen LogP contribution is -2.33. The largest absolute Gasteiger partial charge is 0.442 e. The summed E-state index contributed by atoms with van der Waals surface area (Å²) in [5.74, 6) is 2.35. The van der Waals surface area contributed by atoms with Gasteiger partial charge in [-0.2, -0.15) is 11.8 Å². The van der Waals surface area contributed by atoms with Crippen molar-refractivity contribution < 1.29 is 9.53 Å². The molecule has 1 aromatic carbocycles. The van der Waals surface area contributed by atoms with Gasteiger partial charge < -0.3 is 15.0 Å². The molecule has 2 fully saturated rings. The van der Waals surface area contributed by atoms with Crippen LogP contribution in [0.1, 0.15) is 6.92 Å². The summed E-state index contributed by atoms with van der Waals surface area (Å²) in [4.78, 5) is 16.8. The lowest BCUT2D eigenvalue weighted by atomic mass is 10.2. The van der Waals surface area contributed by atoms with E-state index in [1.807, 2.05) is 30.8 Å². The van der Waals surface area contributed by atoms with Crippen LogP contribution >= 0.6 is 24.0 Å². The van der Waals surface area contributed by atoms with Gasteiger partial charge >= 0.3 is 6.09 Å². The Bertz CT molecular complexity index is 573. The predicted molar refractivity (Wildman–Crippen MR) is 99.9 cm³/mol. The van der Waals surface area contributed by atoms with Gasteiger partial charge in [0.15, 0.2) is 0 Å². The summed E-state index contributed by atoms with van der Waals surface area (Å²) in [6, 6.07) is 8.17. The fourth-order valence-electron chi connectivity index (χ4n) is 2.76. The first kappa shape index (κ1) is 16.4. The third-order valence-electron chi connectivity index (χ3n) is 3.99. The molecule has 2 saturated heterocycles. The molecular weight excluding hydrogens is 330 g/mol. The zero-order valence-corrected chi connectivity index (χ0v) is 14.8. The first-order chi connectivity index (χ1) is 11.1. The number of anilines is 2. The Labute approximate surface area is 146 Å². The van der Waals surface area contributed by atoms with Crippen LogP contribution in [0.25, 0.3) is 0 Å². The molecule has 0 radical (unpaired) electrons. The third kappa shape index (κ3) is 4.09. The molecule has 1 atom stereocenters. The van der Waals surface area contributed by atoms with Gasteiger partial charge in [0.05, 0.1) is 18.1 Å². The van der Waals surface area contributed by atoms with Crippen LogP contribution in [0.3, 0.4) is 0 Å². The lowest BCUT2D eigenvalue weighted by Gasteiger charge is -2.28. The van der Waals surface area contributed by atoms with Gasteiger partial charge in [0.25, 0.3) is 0 Å². The van der Waals surface area contributed by atoms with Gasteiger partial charge in [-0.15, -0.1) is 0 Å². The van der Waals surface area contributed by atoms with Crippen LogP contribution in [0, 0.1) is 0 Å². The Hall–Kier alpha value is -1.47. The molecule has 124 valence electrons. The van der Waals surface area contributed by atoms with Crippen molar-refractivity contribution in [3.63, 3.8) is 0 Å². The summed E-state index contributed by atoms with van der Waals surface area (Å²) in [6.45, 7) is 5.10. The van der Waals surface area contributed by atoms with Crippen LogP contribution in [-0.4, -0.2) is 54.9 Å². The summed E-state index contributed by atoms with van der Waals surface area (Å²) in [7, 11) is 0. The Morgan fingerprint density at radius 1 is 1.30 bits per heavy atom. The summed E-state index contributed by atoms with van der Waals surface area (Å²) >= 11 is 6.99. The topological polar surface area (TPSA) is 44.8 Å². The van der Waals surface area contributed by atoms with E-state index >= 15 is 0 Å². The van der Waals surface area contributed by atoms with E-state index in [0.717, 1.165) is 18.8 Å². The monoisotopic (exact) mass is 351 g/mol. The Morgan fingerprint density at radius 3 is 2.61 bits per heavy atom. The number of ether oxygens (including phenoxy) is 1. The number of amides is 1. The minimum atomic E-state index is -0.291. The number of nitrogens with zero attached hydrogens (tertiary/aromatic N) is 2. The molecule has 0 saturated carbocycles. The van der Waals surface area contributed by atoms with Gasteiger partial charge in [-0.1, -0.05) is 12.2 Å². The van der Waals surface area contributed by atoms with E-state index in [1.54, 1.807) is 4.90 Å². The highest BCUT2D eigenvalue weighted by atomic mass is 32.2. The van der Waals surface area contributed by atoms with Crippen LogP contribution in [0.2, 0.25) is 0 Å². The van der Waals surface area contributed by atoms with Crippen LogP contribution in [0.5, 0.6) is 0 Å². The molecule has 0 aliphatic carbocycles. The average Bonchev–Trinajstić information content (AvgIpc) is 2.95. The smallest absolute Gasteiger partial charge is 0.414 e.